The number of amides is 1. The minimum Gasteiger partial charge on any atom is -0.336 e. The van der Waals surface area contributed by atoms with Gasteiger partial charge in [0, 0.05) is 24.2 Å². The third kappa shape index (κ3) is 3.07. The van der Waals surface area contributed by atoms with Gasteiger partial charge in [0.1, 0.15) is 5.69 Å². The Labute approximate surface area is 151 Å². The fraction of sp³-hybridized carbons (Fsp3) is 0.200. The normalized spacial score (nSPS) is 16.4. The number of hydrogen-bond donors (Lipinski definition) is 0. The highest BCUT2D eigenvalue weighted by Gasteiger charge is 2.29. The molecule has 0 radical (unpaired) electrons. The SMILES string of the molecule is N#Cc1cccc(C(=O)N2CC[C@@H](n3cc(-c4ccccc4)nn3)C2)c1. The maximum atomic E-state index is 12.7. The Kier molecular flexibility index (Phi) is 4.20. The number of carbonyl (C=O) groups excluding carboxylic acids is 1. The van der Waals surface area contributed by atoms with E-state index in [4.69, 9.17) is 5.26 Å². The van der Waals surface area contributed by atoms with E-state index in [0.29, 0.717) is 24.2 Å². The molecule has 1 fully saturated rings. The minimum absolute atomic E-state index is 0.0481. The van der Waals surface area contributed by atoms with Crippen LogP contribution in [0.3, 0.4) is 0 Å². The molecule has 0 aliphatic carbocycles. The summed E-state index contributed by atoms with van der Waals surface area (Å²) >= 11 is 0. The van der Waals surface area contributed by atoms with Gasteiger partial charge in [0.15, 0.2) is 0 Å². The molecule has 1 aliphatic heterocycles. The molecule has 128 valence electrons. The van der Waals surface area contributed by atoms with Crippen molar-refractivity contribution in [1.29, 1.82) is 5.26 Å². The molecule has 3 aromatic rings. The van der Waals surface area contributed by atoms with Gasteiger partial charge in [-0.2, -0.15) is 5.26 Å². The zero-order chi connectivity index (χ0) is 17.9. The van der Waals surface area contributed by atoms with Gasteiger partial charge in [-0.25, -0.2) is 4.68 Å². The van der Waals surface area contributed by atoms with E-state index < -0.39 is 0 Å². The van der Waals surface area contributed by atoms with Crippen molar-refractivity contribution in [3.63, 3.8) is 0 Å². The smallest absolute Gasteiger partial charge is 0.253 e. The maximum Gasteiger partial charge on any atom is 0.253 e. The van der Waals surface area contributed by atoms with Crippen LogP contribution in [0, 0.1) is 11.3 Å². The maximum absolute atomic E-state index is 12.7. The molecule has 0 spiro atoms. The molecule has 1 amide bonds. The number of likely N-dealkylation sites (tertiary alicyclic amines) is 1. The first-order valence-electron chi connectivity index (χ1n) is 8.51. The predicted octanol–water partition coefficient (Wildman–Crippen LogP) is 2.90. The van der Waals surface area contributed by atoms with Crippen molar-refractivity contribution in [2.75, 3.05) is 13.1 Å². The van der Waals surface area contributed by atoms with E-state index in [1.54, 1.807) is 24.3 Å². The molecule has 4 rings (SSSR count). The van der Waals surface area contributed by atoms with Crippen LogP contribution in [0.5, 0.6) is 0 Å². The molecule has 0 saturated carbocycles. The molecule has 1 atom stereocenters. The Bertz CT molecular complexity index is 973. The Morgan fingerprint density at radius 3 is 2.81 bits per heavy atom. The van der Waals surface area contributed by atoms with Crippen molar-refractivity contribution < 1.29 is 4.79 Å². The molecule has 6 nitrogen and oxygen atoms in total. The molecule has 2 heterocycles. The topological polar surface area (TPSA) is 74.8 Å². The van der Waals surface area contributed by atoms with Crippen LogP contribution in [0.1, 0.15) is 28.4 Å². The van der Waals surface area contributed by atoms with E-state index in [1.807, 2.05) is 46.1 Å². The quantitative estimate of drug-likeness (QED) is 0.733. The highest BCUT2D eigenvalue weighted by atomic mass is 16.2. The first kappa shape index (κ1) is 16.0. The van der Waals surface area contributed by atoms with Gasteiger partial charge in [0.25, 0.3) is 5.91 Å². The van der Waals surface area contributed by atoms with Crippen LogP contribution < -0.4 is 0 Å². The van der Waals surface area contributed by atoms with Crippen LogP contribution in [0.15, 0.2) is 60.8 Å². The largest absolute Gasteiger partial charge is 0.336 e. The zero-order valence-electron chi connectivity index (χ0n) is 14.1. The van der Waals surface area contributed by atoms with Gasteiger partial charge in [-0.3, -0.25) is 4.79 Å². The average Bonchev–Trinajstić information content (AvgIpc) is 3.38. The number of benzene rings is 2. The molecule has 26 heavy (non-hydrogen) atoms. The molecule has 1 aromatic heterocycles. The fourth-order valence-corrected chi connectivity index (χ4v) is 3.24. The number of nitrogens with zero attached hydrogens (tertiary/aromatic N) is 5. The Morgan fingerprint density at radius 2 is 2.00 bits per heavy atom. The van der Waals surface area contributed by atoms with Crippen molar-refractivity contribution >= 4 is 5.91 Å². The number of rotatable bonds is 3. The number of aromatic nitrogens is 3. The second-order valence-corrected chi connectivity index (χ2v) is 6.34. The van der Waals surface area contributed by atoms with Gasteiger partial charge >= 0.3 is 0 Å². The van der Waals surface area contributed by atoms with E-state index in [9.17, 15) is 4.79 Å². The monoisotopic (exact) mass is 343 g/mol. The van der Waals surface area contributed by atoms with Gasteiger partial charge in [0.05, 0.1) is 23.9 Å². The summed E-state index contributed by atoms with van der Waals surface area (Å²) in [5.74, 6) is -0.0481. The third-order valence-corrected chi connectivity index (χ3v) is 4.64. The fourth-order valence-electron chi connectivity index (χ4n) is 3.24. The summed E-state index contributed by atoms with van der Waals surface area (Å²) in [6.07, 6.45) is 2.77. The molecule has 1 saturated heterocycles. The van der Waals surface area contributed by atoms with E-state index in [0.717, 1.165) is 17.7 Å². The van der Waals surface area contributed by atoms with E-state index in [2.05, 4.69) is 16.4 Å². The molecular weight excluding hydrogens is 326 g/mol. The first-order valence-corrected chi connectivity index (χ1v) is 8.51. The number of carbonyl (C=O) groups is 1. The molecule has 2 aromatic carbocycles. The van der Waals surface area contributed by atoms with Crippen LogP contribution in [0.4, 0.5) is 0 Å². The molecule has 0 unspecified atom stereocenters. The summed E-state index contributed by atoms with van der Waals surface area (Å²) in [6.45, 7) is 1.26. The average molecular weight is 343 g/mol. The Morgan fingerprint density at radius 1 is 1.15 bits per heavy atom. The van der Waals surface area contributed by atoms with Gasteiger partial charge in [-0.1, -0.05) is 41.6 Å². The second kappa shape index (κ2) is 6.81. The Balaban J connectivity index is 1.48. The lowest BCUT2D eigenvalue weighted by Gasteiger charge is -2.16. The van der Waals surface area contributed by atoms with Crippen LogP contribution in [-0.2, 0) is 0 Å². The number of nitriles is 1. The lowest BCUT2D eigenvalue weighted by Crippen LogP contribution is -2.29. The van der Waals surface area contributed by atoms with Crippen LogP contribution in [0.25, 0.3) is 11.3 Å². The van der Waals surface area contributed by atoms with Gasteiger partial charge in [-0.15, -0.1) is 5.10 Å². The van der Waals surface area contributed by atoms with Crippen molar-refractivity contribution in [3.8, 4) is 17.3 Å². The first-order chi connectivity index (χ1) is 12.7. The summed E-state index contributed by atoms with van der Waals surface area (Å²) < 4.78 is 1.85. The van der Waals surface area contributed by atoms with Gasteiger partial charge in [0.2, 0.25) is 0 Å². The Hall–Kier alpha value is -3.46. The second-order valence-electron chi connectivity index (χ2n) is 6.34. The van der Waals surface area contributed by atoms with Crippen molar-refractivity contribution in [1.82, 2.24) is 19.9 Å². The highest BCUT2D eigenvalue weighted by molar-refractivity contribution is 5.94. The third-order valence-electron chi connectivity index (χ3n) is 4.64. The van der Waals surface area contributed by atoms with Crippen molar-refractivity contribution in [2.45, 2.75) is 12.5 Å². The summed E-state index contributed by atoms with van der Waals surface area (Å²) in [5.41, 5.74) is 2.90. The summed E-state index contributed by atoms with van der Waals surface area (Å²) in [6, 6.07) is 18.9. The van der Waals surface area contributed by atoms with Gasteiger partial charge in [-0.05, 0) is 24.6 Å². The molecular formula is C20H17N5O. The van der Waals surface area contributed by atoms with Crippen LogP contribution in [0.2, 0.25) is 0 Å². The molecule has 6 heteroatoms. The van der Waals surface area contributed by atoms with Crippen molar-refractivity contribution in [3.05, 3.63) is 71.9 Å². The molecule has 0 bridgehead atoms. The zero-order valence-corrected chi connectivity index (χ0v) is 14.1. The van der Waals surface area contributed by atoms with Crippen LogP contribution in [-0.4, -0.2) is 38.9 Å². The summed E-state index contributed by atoms with van der Waals surface area (Å²) in [4.78, 5) is 14.5. The summed E-state index contributed by atoms with van der Waals surface area (Å²) in [7, 11) is 0. The highest BCUT2D eigenvalue weighted by Crippen LogP contribution is 2.24. The lowest BCUT2D eigenvalue weighted by atomic mass is 10.1. The van der Waals surface area contributed by atoms with E-state index in [1.165, 1.54) is 0 Å². The van der Waals surface area contributed by atoms with E-state index >= 15 is 0 Å². The van der Waals surface area contributed by atoms with Crippen LogP contribution >= 0.6 is 0 Å². The predicted molar refractivity (Wildman–Crippen MR) is 96.2 cm³/mol. The minimum atomic E-state index is -0.0481. The van der Waals surface area contributed by atoms with E-state index in [-0.39, 0.29) is 11.9 Å². The molecule has 0 N–H and O–H groups in total. The standard InChI is InChI=1S/C20H17N5O/c21-12-15-5-4-8-17(11-15)20(26)24-10-9-18(13-24)25-14-19(22-23-25)16-6-2-1-3-7-16/h1-8,11,14,18H,9-10,13H2/t18-/m1/s1. The number of hydrogen-bond acceptors (Lipinski definition) is 4. The van der Waals surface area contributed by atoms with Crippen molar-refractivity contribution in [2.24, 2.45) is 0 Å². The van der Waals surface area contributed by atoms with Gasteiger partial charge < -0.3 is 4.90 Å². The molecule has 1 aliphatic rings. The lowest BCUT2D eigenvalue weighted by molar-refractivity contribution is 0.0787. The summed E-state index contributed by atoms with van der Waals surface area (Å²) in [5, 5.41) is 17.5.